The Morgan fingerprint density at radius 3 is 2.53 bits per heavy atom. The number of rotatable bonds is 4. The van der Waals surface area contributed by atoms with Crippen molar-refractivity contribution in [2.24, 2.45) is 0 Å². The lowest BCUT2D eigenvalue weighted by molar-refractivity contribution is 0.249. The highest BCUT2D eigenvalue weighted by molar-refractivity contribution is 5.49. The Morgan fingerprint density at radius 1 is 1.32 bits per heavy atom. The predicted octanol–water partition coefficient (Wildman–Crippen LogP) is 2.08. The van der Waals surface area contributed by atoms with Gasteiger partial charge in [-0.2, -0.15) is 0 Å². The van der Waals surface area contributed by atoms with Gasteiger partial charge in [0, 0.05) is 25.7 Å². The maximum absolute atomic E-state index is 14.1. The molecule has 0 radical (unpaired) electrons. The molecule has 106 valence electrons. The van der Waals surface area contributed by atoms with E-state index in [0.717, 1.165) is 37.2 Å². The lowest BCUT2D eigenvalue weighted by Crippen LogP contribution is -2.42. The van der Waals surface area contributed by atoms with E-state index in [9.17, 15) is 4.39 Å². The first kappa shape index (κ1) is 14.3. The lowest BCUT2D eigenvalue weighted by Gasteiger charge is -2.36. The van der Waals surface area contributed by atoms with E-state index in [-0.39, 0.29) is 5.82 Å². The van der Waals surface area contributed by atoms with Crippen LogP contribution in [0.5, 0.6) is 0 Å². The van der Waals surface area contributed by atoms with E-state index in [0.29, 0.717) is 12.6 Å². The minimum atomic E-state index is -0.101. The number of nitrogens with zero attached hydrogens (tertiary/aromatic N) is 2. The molecule has 1 heterocycles. The molecule has 0 aromatic heterocycles. The fraction of sp³-hybridized carbons (Fsp3) is 0.600. The van der Waals surface area contributed by atoms with Gasteiger partial charge in [0.2, 0.25) is 0 Å². The summed E-state index contributed by atoms with van der Waals surface area (Å²) < 4.78 is 14.1. The SMILES string of the molecule is CNCc1ccc(N2CCC(N(C)C)CC2)c(F)c1. The standard InChI is InChI=1S/C15H24FN3/c1-17-11-12-4-5-15(14(16)10-12)19-8-6-13(7-9-19)18(2)3/h4-5,10,13,17H,6-9,11H2,1-3H3. The summed E-state index contributed by atoms with van der Waals surface area (Å²) in [5, 5.41) is 3.04. The van der Waals surface area contributed by atoms with Crippen molar-refractivity contribution in [3.8, 4) is 0 Å². The van der Waals surface area contributed by atoms with Gasteiger partial charge in [0.25, 0.3) is 0 Å². The maximum Gasteiger partial charge on any atom is 0.146 e. The molecule has 0 aliphatic carbocycles. The van der Waals surface area contributed by atoms with Crippen LogP contribution in [-0.4, -0.2) is 45.2 Å². The molecule has 1 saturated heterocycles. The summed E-state index contributed by atoms with van der Waals surface area (Å²) >= 11 is 0. The first-order valence-electron chi connectivity index (χ1n) is 6.96. The number of nitrogens with one attached hydrogen (secondary N) is 1. The monoisotopic (exact) mass is 265 g/mol. The van der Waals surface area contributed by atoms with Crippen LogP contribution in [0.1, 0.15) is 18.4 Å². The normalized spacial score (nSPS) is 17.2. The Morgan fingerprint density at radius 2 is 2.00 bits per heavy atom. The minimum Gasteiger partial charge on any atom is -0.369 e. The summed E-state index contributed by atoms with van der Waals surface area (Å²) in [7, 11) is 6.11. The topological polar surface area (TPSA) is 18.5 Å². The molecule has 3 nitrogen and oxygen atoms in total. The fourth-order valence-electron chi connectivity index (χ4n) is 2.74. The molecule has 0 atom stereocenters. The molecule has 0 bridgehead atoms. The van der Waals surface area contributed by atoms with E-state index in [2.05, 4.69) is 29.2 Å². The molecular formula is C15H24FN3. The van der Waals surface area contributed by atoms with Gasteiger partial charge in [0.1, 0.15) is 5.82 Å². The van der Waals surface area contributed by atoms with Gasteiger partial charge in [-0.25, -0.2) is 4.39 Å². The number of benzene rings is 1. The third kappa shape index (κ3) is 3.45. The number of hydrogen-bond acceptors (Lipinski definition) is 3. The number of halogens is 1. The van der Waals surface area contributed by atoms with E-state index in [1.54, 1.807) is 6.07 Å². The highest BCUT2D eigenvalue weighted by atomic mass is 19.1. The summed E-state index contributed by atoms with van der Waals surface area (Å²) in [6.45, 7) is 2.58. The van der Waals surface area contributed by atoms with Crippen LogP contribution >= 0.6 is 0 Å². The van der Waals surface area contributed by atoms with Crippen molar-refractivity contribution in [1.82, 2.24) is 10.2 Å². The molecule has 1 aromatic carbocycles. The molecule has 1 aromatic rings. The zero-order valence-electron chi connectivity index (χ0n) is 12.1. The third-order valence-electron chi connectivity index (χ3n) is 3.93. The van der Waals surface area contributed by atoms with Crippen molar-refractivity contribution in [2.45, 2.75) is 25.4 Å². The van der Waals surface area contributed by atoms with E-state index in [1.807, 2.05) is 19.2 Å². The highest BCUT2D eigenvalue weighted by Crippen LogP contribution is 2.25. The number of piperidine rings is 1. The minimum absolute atomic E-state index is 0.101. The van der Waals surface area contributed by atoms with Crippen LogP contribution in [0.3, 0.4) is 0 Å². The molecular weight excluding hydrogens is 241 g/mol. The smallest absolute Gasteiger partial charge is 0.146 e. The first-order chi connectivity index (χ1) is 9.11. The summed E-state index contributed by atoms with van der Waals surface area (Å²) in [5.74, 6) is -0.101. The Hall–Kier alpha value is -1.13. The van der Waals surface area contributed by atoms with Crippen molar-refractivity contribution < 1.29 is 4.39 Å². The average molecular weight is 265 g/mol. The van der Waals surface area contributed by atoms with Crippen LogP contribution in [0, 0.1) is 5.82 Å². The van der Waals surface area contributed by atoms with Crippen molar-refractivity contribution >= 4 is 5.69 Å². The van der Waals surface area contributed by atoms with Gasteiger partial charge in [-0.1, -0.05) is 6.07 Å². The second kappa shape index (κ2) is 6.35. The van der Waals surface area contributed by atoms with Crippen LogP contribution in [0.15, 0.2) is 18.2 Å². The third-order valence-corrected chi connectivity index (χ3v) is 3.93. The molecule has 4 heteroatoms. The molecule has 1 fully saturated rings. The Bertz CT molecular complexity index is 412. The van der Waals surface area contributed by atoms with Gasteiger partial charge in [0.15, 0.2) is 0 Å². The molecule has 2 rings (SSSR count). The molecule has 19 heavy (non-hydrogen) atoms. The Kier molecular flexibility index (Phi) is 4.77. The summed E-state index contributed by atoms with van der Waals surface area (Å²) in [6, 6.07) is 6.19. The first-order valence-corrected chi connectivity index (χ1v) is 6.96. The van der Waals surface area contributed by atoms with Gasteiger partial charge in [-0.15, -0.1) is 0 Å². The van der Waals surface area contributed by atoms with Gasteiger partial charge in [0.05, 0.1) is 5.69 Å². The van der Waals surface area contributed by atoms with E-state index >= 15 is 0 Å². The summed E-state index contributed by atoms with van der Waals surface area (Å²) in [6.07, 6.45) is 2.20. The second-order valence-electron chi connectivity index (χ2n) is 5.50. The second-order valence-corrected chi connectivity index (χ2v) is 5.50. The van der Waals surface area contributed by atoms with Gasteiger partial charge < -0.3 is 15.1 Å². The zero-order chi connectivity index (χ0) is 13.8. The molecule has 1 aliphatic heterocycles. The lowest BCUT2D eigenvalue weighted by atomic mass is 10.0. The van der Waals surface area contributed by atoms with Crippen molar-refractivity contribution in [2.75, 3.05) is 39.1 Å². The fourth-order valence-corrected chi connectivity index (χ4v) is 2.74. The van der Waals surface area contributed by atoms with E-state index in [1.165, 1.54) is 0 Å². The van der Waals surface area contributed by atoms with Gasteiger partial charge in [-0.05, 0) is 51.7 Å². The molecule has 0 amide bonds. The van der Waals surface area contributed by atoms with Crippen molar-refractivity contribution in [1.29, 1.82) is 0 Å². The predicted molar refractivity (Wildman–Crippen MR) is 78.1 cm³/mol. The van der Waals surface area contributed by atoms with Crippen LogP contribution in [0.25, 0.3) is 0 Å². The molecule has 1 aliphatic rings. The largest absolute Gasteiger partial charge is 0.369 e. The van der Waals surface area contributed by atoms with Crippen LogP contribution in [0.4, 0.5) is 10.1 Å². The number of anilines is 1. The summed E-state index contributed by atoms with van der Waals surface area (Å²) in [4.78, 5) is 4.43. The van der Waals surface area contributed by atoms with E-state index < -0.39 is 0 Å². The highest BCUT2D eigenvalue weighted by Gasteiger charge is 2.22. The zero-order valence-corrected chi connectivity index (χ0v) is 12.1. The Labute approximate surface area is 115 Å². The quantitative estimate of drug-likeness (QED) is 0.899. The molecule has 0 saturated carbocycles. The van der Waals surface area contributed by atoms with Crippen LogP contribution in [0.2, 0.25) is 0 Å². The summed E-state index contributed by atoms with van der Waals surface area (Å²) in [5.41, 5.74) is 1.74. The van der Waals surface area contributed by atoms with Crippen LogP contribution < -0.4 is 10.2 Å². The average Bonchev–Trinajstić information content (AvgIpc) is 2.39. The van der Waals surface area contributed by atoms with Crippen LogP contribution in [-0.2, 0) is 6.54 Å². The van der Waals surface area contributed by atoms with E-state index in [4.69, 9.17) is 0 Å². The number of hydrogen-bond donors (Lipinski definition) is 1. The van der Waals surface area contributed by atoms with Crippen molar-refractivity contribution in [3.63, 3.8) is 0 Å². The Balaban J connectivity index is 2.03. The van der Waals surface area contributed by atoms with Crippen molar-refractivity contribution in [3.05, 3.63) is 29.6 Å². The van der Waals surface area contributed by atoms with Gasteiger partial charge in [-0.3, -0.25) is 0 Å². The molecule has 1 N–H and O–H groups in total. The molecule has 0 unspecified atom stereocenters. The molecule has 0 spiro atoms. The van der Waals surface area contributed by atoms with Gasteiger partial charge >= 0.3 is 0 Å². The maximum atomic E-state index is 14.1.